The number of amides is 1. The average Bonchev–Trinajstić information content (AvgIpc) is 2.74. The third-order valence-electron chi connectivity index (χ3n) is 3.89. The molecular weight excluding hydrogens is 413 g/mol. The Morgan fingerprint density at radius 3 is 2.76 bits per heavy atom. The summed E-state index contributed by atoms with van der Waals surface area (Å²) in [4.78, 5) is 15.8. The monoisotopic (exact) mass is 429 g/mol. The first-order chi connectivity index (χ1) is 14.1. The highest BCUT2D eigenvalue weighted by Gasteiger charge is 2.08. The van der Waals surface area contributed by atoms with Crippen LogP contribution in [0.5, 0.6) is 11.5 Å². The van der Waals surface area contributed by atoms with Gasteiger partial charge in [-0.25, -0.2) is 5.43 Å². The van der Waals surface area contributed by atoms with E-state index in [4.69, 9.17) is 32.7 Å². The topological polar surface area (TPSA) is 72.8 Å². The van der Waals surface area contributed by atoms with Crippen molar-refractivity contribution in [2.75, 3.05) is 7.11 Å². The van der Waals surface area contributed by atoms with Gasteiger partial charge in [-0.3, -0.25) is 9.78 Å². The highest BCUT2D eigenvalue weighted by Crippen LogP contribution is 2.29. The van der Waals surface area contributed by atoms with E-state index in [0.717, 1.165) is 11.1 Å². The van der Waals surface area contributed by atoms with E-state index in [9.17, 15) is 4.79 Å². The van der Waals surface area contributed by atoms with Crippen molar-refractivity contribution >= 4 is 35.3 Å². The Bertz CT molecular complexity index is 1030. The number of benzene rings is 2. The predicted octanol–water partition coefficient (Wildman–Crippen LogP) is 4.74. The van der Waals surface area contributed by atoms with E-state index in [-0.39, 0.29) is 12.5 Å². The van der Waals surface area contributed by atoms with E-state index in [1.54, 1.807) is 55.8 Å². The van der Waals surface area contributed by atoms with Crippen LogP contribution in [0.1, 0.15) is 21.5 Å². The first kappa shape index (κ1) is 20.6. The average molecular weight is 430 g/mol. The van der Waals surface area contributed by atoms with Gasteiger partial charge in [0.1, 0.15) is 6.61 Å². The fourth-order valence-corrected chi connectivity index (χ4v) is 2.87. The van der Waals surface area contributed by atoms with Crippen molar-refractivity contribution in [3.63, 3.8) is 0 Å². The van der Waals surface area contributed by atoms with E-state index in [1.807, 2.05) is 6.07 Å². The van der Waals surface area contributed by atoms with Gasteiger partial charge in [0.15, 0.2) is 11.5 Å². The Kier molecular flexibility index (Phi) is 7.05. The van der Waals surface area contributed by atoms with Crippen LogP contribution < -0.4 is 14.9 Å². The van der Waals surface area contributed by atoms with Crippen LogP contribution in [-0.2, 0) is 6.61 Å². The molecule has 2 aromatic carbocycles. The lowest BCUT2D eigenvalue weighted by molar-refractivity contribution is 0.0955. The third kappa shape index (κ3) is 5.70. The van der Waals surface area contributed by atoms with E-state index in [0.29, 0.717) is 27.1 Å². The van der Waals surface area contributed by atoms with Gasteiger partial charge in [0, 0.05) is 28.0 Å². The lowest BCUT2D eigenvalue weighted by atomic mass is 10.2. The lowest BCUT2D eigenvalue weighted by Gasteiger charge is -2.12. The maximum Gasteiger partial charge on any atom is 0.272 e. The minimum atomic E-state index is -0.346. The van der Waals surface area contributed by atoms with Gasteiger partial charge >= 0.3 is 0 Å². The number of methoxy groups -OCH3 is 1. The molecule has 0 radical (unpaired) electrons. The predicted molar refractivity (Wildman–Crippen MR) is 113 cm³/mol. The van der Waals surface area contributed by atoms with Crippen LogP contribution in [0.2, 0.25) is 10.0 Å². The number of aromatic nitrogens is 1. The van der Waals surface area contributed by atoms with Crippen LogP contribution in [0.25, 0.3) is 0 Å². The molecule has 0 unspecified atom stereocenters. The number of halogens is 2. The smallest absolute Gasteiger partial charge is 0.272 e. The van der Waals surface area contributed by atoms with Crippen molar-refractivity contribution in [1.29, 1.82) is 0 Å². The number of hydrogen-bond acceptors (Lipinski definition) is 5. The standard InChI is InChI=1S/C21H17Cl2N3O3/c1-28-20-9-14(11-25-26-21(27)15-3-2-8-24-12-15)4-7-19(20)29-13-16-5-6-17(22)10-18(16)23/h2-12H,13H2,1H3,(H,26,27)/b25-11-. The number of pyridine rings is 1. The molecule has 0 bridgehead atoms. The number of carbonyl (C=O) groups excluding carboxylic acids is 1. The summed E-state index contributed by atoms with van der Waals surface area (Å²) >= 11 is 12.1. The molecule has 1 aromatic heterocycles. The van der Waals surface area contributed by atoms with Crippen molar-refractivity contribution in [2.45, 2.75) is 6.61 Å². The lowest BCUT2D eigenvalue weighted by Crippen LogP contribution is -2.17. The van der Waals surface area contributed by atoms with Crippen molar-refractivity contribution in [3.05, 3.63) is 87.7 Å². The van der Waals surface area contributed by atoms with Crippen LogP contribution >= 0.6 is 23.2 Å². The fourth-order valence-electron chi connectivity index (χ4n) is 2.41. The summed E-state index contributed by atoms with van der Waals surface area (Å²) in [6, 6.07) is 13.9. The molecular formula is C21H17Cl2N3O3. The van der Waals surface area contributed by atoms with E-state index in [2.05, 4.69) is 15.5 Å². The Morgan fingerprint density at radius 1 is 1.17 bits per heavy atom. The number of nitrogens with one attached hydrogen (secondary N) is 1. The van der Waals surface area contributed by atoms with Crippen molar-refractivity contribution in [3.8, 4) is 11.5 Å². The highest BCUT2D eigenvalue weighted by atomic mass is 35.5. The van der Waals surface area contributed by atoms with Crippen LogP contribution in [0.3, 0.4) is 0 Å². The highest BCUT2D eigenvalue weighted by molar-refractivity contribution is 6.35. The zero-order valence-electron chi connectivity index (χ0n) is 15.4. The van der Waals surface area contributed by atoms with E-state index < -0.39 is 0 Å². The molecule has 3 aromatic rings. The molecule has 0 saturated heterocycles. The van der Waals surface area contributed by atoms with Gasteiger partial charge in [-0.1, -0.05) is 29.3 Å². The van der Waals surface area contributed by atoms with Gasteiger partial charge in [-0.05, 0) is 48.0 Å². The summed E-state index contributed by atoms with van der Waals surface area (Å²) in [5.74, 6) is 0.730. The van der Waals surface area contributed by atoms with Gasteiger partial charge in [0.05, 0.1) is 18.9 Å². The normalized spacial score (nSPS) is 10.7. The minimum absolute atomic E-state index is 0.265. The molecule has 29 heavy (non-hydrogen) atoms. The number of nitrogens with zero attached hydrogens (tertiary/aromatic N) is 2. The van der Waals surface area contributed by atoms with Gasteiger partial charge < -0.3 is 9.47 Å². The summed E-state index contributed by atoms with van der Waals surface area (Å²) in [6.07, 6.45) is 4.57. The third-order valence-corrected chi connectivity index (χ3v) is 4.48. The Morgan fingerprint density at radius 2 is 2.03 bits per heavy atom. The summed E-state index contributed by atoms with van der Waals surface area (Å²) in [5.41, 5.74) is 4.41. The van der Waals surface area contributed by atoms with Crippen LogP contribution in [0.15, 0.2) is 66.0 Å². The second-order valence-corrected chi connectivity index (χ2v) is 6.72. The number of carbonyl (C=O) groups is 1. The largest absolute Gasteiger partial charge is 0.493 e. The number of hydrogen-bond donors (Lipinski definition) is 1. The molecule has 0 aliphatic rings. The van der Waals surface area contributed by atoms with Crippen molar-refractivity contribution < 1.29 is 14.3 Å². The summed E-state index contributed by atoms with van der Waals surface area (Å²) in [5, 5.41) is 5.06. The van der Waals surface area contributed by atoms with Gasteiger partial charge in [0.25, 0.3) is 5.91 Å². The molecule has 0 spiro atoms. The maximum absolute atomic E-state index is 12.0. The van der Waals surface area contributed by atoms with Crippen LogP contribution in [-0.4, -0.2) is 24.2 Å². The van der Waals surface area contributed by atoms with Crippen LogP contribution in [0, 0.1) is 0 Å². The molecule has 0 saturated carbocycles. The maximum atomic E-state index is 12.0. The molecule has 148 valence electrons. The van der Waals surface area contributed by atoms with Crippen molar-refractivity contribution in [2.24, 2.45) is 5.10 Å². The molecule has 0 fully saturated rings. The molecule has 6 nitrogen and oxygen atoms in total. The Balaban J connectivity index is 1.64. The van der Waals surface area contributed by atoms with Crippen molar-refractivity contribution in [1.82, 2.24) is 10.4 Å². The summed E-state index contributed by atoms with van der Waals surface area (Å²) in [7, 11) is 1.54. The minimum Gasteiger partial charge on any atom is -0.493 e. The van der Waals surface area contributed by atoms with Gasteiger partial charge in [0.2, 0.25) is 0 Å². The quantitative estimate of drug-likeness (QED) is 0.434. The Labute approximate surface area is 178 Å². The SMILES string of the molecule is COc1cc(/C=N\NC(=O)c2cccnc2)ccc1OCc1ccc(Cl)cc1Cl. The fraction of sp³-hybridized carbons (Fsp3) is 0.0952. The second-order valence-electron chi connectivity index (χ2n) is 5.88. The second kappa shape index (κ2) is 9.91. The molecule has 8 heteroatoms. The summed E-state index contributed by atoms with van der Waals surface area (Å²) in [6.45, 7) is 0.265. The zero-order chi connectivity index (χ0) is 20.6. The van der Waals surface area contributed by atoms with Crippen LogP contribution in [0.4, 0.5) is 0 Å². The molecule has 1 N–H and O–H groups in total. The molecule has 0 aliphatic heterocycles. The first-order valence-electron chi connectivity index (χ1n) is 8.55. The summed E-state index contributed by atoms with van der Waals surface area (Å²) < 4.78 is 11.2. The molecule has 3 rings (SSSR count). The van der Waals surface area contributed by atoms with Gasteiger partial charge in [-0.15, -0.1) is 0 Å². The molecule has 0 aliphatic carbocycles. The first-order valence-corrected chi connectivity index (χ1v) is 9.30. The molecule has 1 heterocycles. The number of rotatable bonds is 7. The van der Waals surface area contributed by atoms with E-state index in [1.165, 1.54) is 12.4 Å². The van der Waals surface area contributed by atoms with Gasteiger partial charge in [-0.2, -0.15) is 5.10 Å². The molecule has 0 atom stereocenters. The van der Waals surface area contributed by atoms with E-state index >= 15 is 0 Å². The number of hydrazone groups is 1. The Hall–Kier alpha value is -3.09. The zero-order valence-corrected chi connectivity index (χ0v) is 16.9. The molecule has 1 amide bonds. The number of ether oxygens (including phenoxy) is 2.